The van der Waals surface area contributed by atoms with Crippen molar-refractivity contribution < 1.29 is 8.42 Å². The molecule has 0 amide bonds. The zero-order valence-electron chi connectivity index (χ0n) is 6.49. The predicted octanol–water partition coefficient (Wildman–Crippen LogP) is 0.150. The Hall–Kier alpha value is -0.460. The van der Waals surface area contributed by atoms with Crippen LogP contribution in [0.1, 0.15) is 10.6 Å². The molecule has 0 saturated carbocycles. The summed E-state index contributed by atoms with van der Waals surface area (Å²) in [6, 6.07) is 0. The molecule has 66 valence electrons. The molecule has 6 heteroatoms. The Morgan fingerprint density at radius 3 is 2.83 bits per heavy atom. The molecule has 12 heavy (non-hydrogen) atoms. The van der Waals surface area contributed by atoms with Crippen LogP contribution in [-0.4, -0.2) is 19.7 Å². The smallest absolute Gasteiger partial charge is 0.209 e. The highest BCUT2D eigenvalue weighted by atomic mass is 32.2. The molecule has 4 nitrogen and oxygen atoms in total. The second-order valence-electron chi connectivity index (χ2n) is 2.73. The standard InChI is InChI=1S/C6H8N2O2S2/c1-12(9,10)6-8-4-2-7-3-5(4)11-6/h7H,2-3H2,1H3. The minimum Gasteiger partial charge on any atom is -0.306 e. The van der Waals surface area contributed by atoms with E-state index in [4.69, 9.17) is 0 Å². The summed E-state index contributed by atoms with van der Waals surface area (Å²) in [4.78, 5) is 5.08. The third-order valence-corrected chi connectivity index (χ3v) is 4.43. The van der Waals surface area contributed by atoms with Gasteiger partial charge in [-0.1, -0.05) is 0 Å². The number of hydrogen-bond acceptors (Lipinski definition) is 5. The van der Waals surface area contributed by atoms with Gasteiger partial charge in [-0.15, -0.1) is 11.3 Å². The van der Waals surface area contributed by atoms with Crippen LogP contribution in [0, 0.1) is 0 Å². The summed E-state index contributed by atoms with van der Waals surface area (Å²) in [7, 11) is -3.10. The van der Waals surface area contributed by atoms with Crippen molar-refractivity contribution in [2.75, 3.05) is 6.26 Å². The second-order valence-corrected chi connectivity index (χ2v) is 6.00. The van der Waals surface area contributed by atoms with Crippen molar-refractivity contribution in [3.63, 3.8) is 0 Å². The van der Waals surface area contributed by atoms with E-state index < -0.39 is 9.84 Å². The summed E-state index contributed by atoms with van der Waals surface area (Å²) in [5, 5.41) is 3.10. The molecule has 2 rings (SSSR count). The Bertz CT molecular complexity index is 386. The van der Waals surface area contributed by atoms with Gasteiger partial charge in [0.2, 0.25) is 14.2 Å². The Labute approximate surface area is 74.6 Å². The highest BCUT2D eigenvalue weighted by Crippen LogP contribution is 2.25. The number of aromatic nitrogens is 1. The van der Waals surface area contributed by atoms with Crippen LogP contribution >= 0.6 is 11.3 Å². The number of fused-ring (bicyclic) bond motifs is 1. The van der Waals surface area contributed by atoms with Crippen LogP contribution < -0.4 is 5.32 Å². The van der Waals surface area contributed by atoms with Gasteiger partial charge in [0.1, 0.15) is 0 Å². The molecule has 0 atom stereocenters. The molecular weight excluding hydrogens is 196 g/mol. The van der Waals surface area contributed by atoms with Gasteiger partial charge < -0.3 is 5.32 Å². The Morgan fingerprint density at radius 2 is 2.25 bits per heavy atom. The summed E-state index contributed by atoms with van der Waals surface area (Å²) < 4.78 is 22.4. The van der Waals surface area contributed by atoms with E-state index in [1.54, 1.807) is 0 Å². The number of nitrogens with one attached hydrogen (secondary N) is 1. The number of sulfone groups is 1. The van der Waals surface area contributed by atoms with Gasteiger partial charge in [-0.25, -0.2) is 13.4 Å². The van der Waals surface area contributed by atoms with Gasteiger partial charge in [0.15, 0.2) is 0 Å². The molecule has 0 bridgehead atoms. The van der Waals surface area contributed by atoms with Gasteiger partial charge >= 0.3 is 0 Å². The van der Waals surface area contributed by atoms with Crippen molar-refractivity contribution in [3.8, 4) is 0 Å². The van der Waals surface area contributed by atoms with E-state index in [0.29, 0.717) is 6.54 Å². The normalized spacial score (nSPS) is 16.4. The molecule has 1 aliphatic heterocycles. The Kier molecular flexibility index (Phi) is 1.71. The summed E-state index contributed by atoms with van der Waals surface area (Å²) >= 11 is 1.27. The lowest BCUT2D eigenvalue weighted by Gasteiger charge is -1.90. The minimum absolute atomic E-state index is 0.244. The fourth-order valence-corrected chi connectivity index (χ4v) is 3.05. The molecule has 1 aromatic heterocycles. The summed E-state index contributed by atoms with van der Waals surface area (Å²) in [5.41, 5.74) is 0.889. The first-order valence-corrected chi connectivity index (χ1v) is 6.17. The van der Waals surface area contributed by atoms with Crippen molar-refractivity contribution in [2.45, 2.75) is 17.4 Å². The first kappa shape index (κ1) is 8.15. The first-order valence-electron chi connectivity index (χ1n) is 3.47. The molecule has 1 aromatic rings. The minimum atomic E-state index is -3.10. The SMILES string of the molecule is CS(=O)(=O)c1nc2c(s1)CNC2. The van der Waals surface area contributed by atoms with Gasteiger partial charge in [0, 0.05) is 24.2 Å². The topological polar surface area (TPSA) is 59.1 Å². The van der Waals surface area contributed by atoms with E-state index in [2.05, 4.69) is 10.3 Å². The maximum absolute atomic E-state index is 11.1. The Morgan fingerprint density at radius 1 is 1.50 bits per heavy atom. The molecule has 0 saturated heterocycles. The molecular formula is C6H8N2O2S2. The molecule has 0 unspecified atom stereocenters. The van der Waals surface area contributed by atoms with Gasteiger partial charge in [-0.05, 0) is 0 Å². The molecule has 1 N–H and O–H groups in total. The molecule has 0 fully saturated rings. The average Bonchev–Trinajstić information content (AvgIpc) is 2.37. The number of hydrogen-bond donors (Lipinski definition) is 1. The van der Waals surface area contributed by atoms with Crippen molar-refractivity contribution in [1.29, 1.82) is 0 Å². The summed E-state index contributed by atoms with van der Waals surface area (Å²) in [5.74, 6) is 0. The second kappa shape index (κ2) is 2.51. The summed E-state index contributed by atoms with van der Waals surface area (Å²) in [6.45, 7) is 1.45. The lowest BCUT2D eigenvalue weighted by molar-refractivity contribution is 0.600. The van der Waals surface area contributed by atoms with E-state index >= 15 is 0 Å². The van der Waals surface area contributed by atoms with Gasteiger partial charge in [-0.3, -0.25) is 0 Å². The van der Waals surface area contributed by atoms with Crippen molar-refractivity contribution in [2.24, 2.45) is 0 Å². The fraction of sp³-hybridized carbons (Fsp3) is 0.500. The van der Waals surface area contributed by atoms with Crippen molar-refractivity contribution in [1.82, 2.24) is 10.3 Å². The quantitative estimate of drug-likeness (QED) is 0.707. The van der Waals surface area contributed by atoms with Crippen LogP contribution in [0.15, 0.2) is 4.34 Å². The Balaban J connectivity index is 2.51. The number of rotatable bonds is 1. The van der Waals surface area contributed by atoms with Crippen LogP contribution in [0.2, 0.25) is 0 Å². The van der Waals surface area contributed by atoms with Gasteiger partial charge in [0.05, 0.1) is 5.69 Å². The number of thiazole rings is 1. The molecule has 2 heterocycles. The van der Waals surface area contributed by atoms with Crippen LogP contribution in [0.25, 0.3) is 0 Å². The molecule has 0 aromatic carbocycles. The molecule has 0 spiro atoms. The van der Waals surface area contributed by atoms with E-state index in [0.717, 1.165) is 17.1 Å². The van der Waals surface area contributed by atoms with E-state index in [1.165, 1.54) is 17.6 Å². The van der Waals surface area contributed by atoms with Gasteiger partial charge in [0.25, 0.3) is 0 Å². The summed E-state index contributed by atoms with van der Waals surface area (Å²) in [6.07, 6.45) is 1.19. The maximum Gasteiger partial charge on any atom is 0.209 e. The zero-order chi connectivity index (χ0) is 8.77. The fourth-order valence-electron chi connectivity index (χ4n) is 1.09. The van der Waals surface area contributed by atoms with Crippen LogP contribution in [0.4, 0.5) is 0 Å². The van der Waals surface area contributed by atoms with Gasteiger partial charge in [-0.2, -0.15) is 0 Å². The maximum atomic E-state index is 11.1. The zero-order valence-corrected chi connectivity index (χ0v) is 8.13. The van der Waals surface area contributed by atoms with Crippen LogP contribution in [-0.2, 0) is 22.9 Å². The monoisotopic (exact) mass is 204 g/mol. The van der Waals surface area contributed by atoms with Crippen LogP contribution in [0.5, 0.6) is 0 Å². The molecule has 0 aliphatic carbocycles. The largest absolute Gasteiger partial charge is 0.306 e. The number of nitrogens with zero attached hydrogens (tertiary/aromatic N) is 1. The molecule has 1 aliphatic rings. The van der Waals surface area contributed by atoms with E-state index in [9.17, 15) is 8.42 Å². The lowest BCUT2D eigenvalue weighted by atomic mass is 10.4. The van der Waals surface area contributed by atoms with Crippen molar-refractivity contribution >= 4 is 21.2 Å². The highest BCUT2D eigenvalue weighted by molar-refractivity contribution is 7.92. The van der Waals surface area contributed by atoms with E-state index in [1.807, 2.05) is 0 Å². The predicted molar refractivity (Wildman–Crippen MR) is 45.8 cm³/mol. The van der Waals surface area contributed by atoms with Crippen molar-refractivity contribution in [3.05, 3.63) is 10.6 Å². The van der Waals surface area contributed by atoms with E-state index in [-0.39, 0.29) is 4.34 Å². The lowest BCUT2D eigenvalue weighted by Crippen LogP contribution is -2.03. The first-order chi connectivity index (χ1) is 5.57. The average molecular weight is 204 g/mol. The molecule has 0 radical (unpaired) electrons. The third kappa shape index (κ3) is 1.26. The van der Waals surface area contributed by atoms with Crippen LogP contribution in [0.3, 0.4) is 0 Å². The third-order valence-electron chi connectivity index (χ3n) is 1.65. The highest BCUT2D eigenvalue weighted by Gasteiger charge is 2.20.